The van der Waals surface area contributed by atoms with Crippen molar-refractivity contribution >= 4 is 34.0 Å². The Morgan fingerprint density at radius 3 is 2.70 bits per heavy atom. The van der Waals surface area contributed by atoms with E-state index in [1.54, 1.807) is 11.3 Å². The van der Waals surface area contributed by atoms with Crippen LogP contribution >= 0.6 is 22.9 Å². The van der Waals surface area contributed by atoms with Crippen molar-refractivity contribution in [1.29, 1.82) is 0 Å². The summed E-state index contributed by atoms with van der Waals surface area (Å²) in [6.45, 7) is 6.42. The molecule has 0 N–H and O–H groups in total. The number of benzene rings is 1. The van der Waals surface area contributed by atoms with Gasteiger partial charge in [0, 0.05) is 55.4 Å². The monoisotopic (exact) mass is 404 g/mol. The molecule has 2 aliphatic rings. The Morgan fingerprint density at radius 2 is 2.00 bits per heavy atom. The van der Waals surface area contributed by atoms with Gasteiger partial charge >= 0.3 is 0 Å². The van der Waals surface area contributed by atoms with E-state index < -0.39 is 0 Å². The predicted molar refractivity (Wildman–Crippen MR) is 111 cm³/mol. The van der Waals surface area contributed by atoms with Crippen LogP contribution in [0.25, 0.3) is 0 Å². The van der Waals surface area contributed by atoms with Crippen LogP contribution in [0, 0.1) is 0 Å². The quantitative estimate of drug-likeness (QED) is 0.779. The van der Waals surface area contributed by atoms with E-state index in [9.17, 15) is 4.79 Å². The second-order valence-electron chi connectivity index (χ2n) is 7.22. The van der Waals surface area contributed by atoms with Crippen molar-refractivity contribution in [2.45, 2.75) is 31.8 Å². The molecule has 2 saturated heterocycles. The van der Waals surface area contributed by atoms with E-state index >= 15 is 0 Å². The van der Waals surface area contributed by atoms with Gasteiger partial charge in [0.2, 0.25) is 5.91 Å². The number of carbonyl (C=O) groups is 1. The summed E-state index contributed by atoms with van der Waals surface area (Å²) in [5.41, 5.74) is 1.16. The zero-order valence-corrected chi connectivity index (χ0v) is 17.1. The average Bonchev–Trinajstić information content (AvgIpc) is 3.39. The molecule has 1 aromatic carbocycles. The number of hydrogen-bond acceptors (Lipinski definition) is 5. The Bertz CT molecular complexity index is 776. The minimum Gasteiger partial charge on any atom is -0.338 e. The number of rotatable bonds is 4. The Balaban J connectivity index is 1.37. The van der Waals surface area contributed by atoms with Gasteiger partial charge in [-0.15, -0.1) is 11.3 Å². The molecule has 2 unspecified atom stereocenters. The highest BCUT2D eigenvalue weighted by Gasteiger charge is 2.36. The summed E-state index contributed by atoms with van der Waals surface area (Å²) in [6.07, 6.45) is 3.79. The van der Waals surface area contributed by atoms with E-state index in [2.05, 4.69) is 27.8 Å². The largest absolute Gasteiger partial charge is 0.338 e. The van der Waals surface area contributed by atoms with Crippen molar-refractivity contribution in [2.24, 2.45) is 0 Å². The van der Waals surface area contributed by atoms with Gasteiger partial charge in [0.05, 0.1) is 0 Å². The average molecular weight is 405 g/mol. The van der Waals surface area contributed by atoms with E-state index in [-0.39, 0.29) is 18.0 Å². The maximum Gasteiger partial charge on any atom is 0.245 e. The molecule has 4 rings (SSSR count). The van der Waals surface area contributed by atoms with Gasteiger partial charge in [-0.2, -0.15) is 0 Å². The second-order valence-corrected chi connectivity index (χ2v) is 8.51. The van der Waals surface area contributed by atoms with Gasteiger partial charge in [-0.05, 0) is 31.4 Å². The zero-order valence-electron chi connectivity index (χ0n) is 15.6. The first-order valence-electron chi connectivity index (χ1n) is 9.58. The topological polar surface area (TPSA) is 39.7 Å². The summed E-state index contributed by atoms with van der Waals surface area (Å²) < 4.78 is 0. The van der Waals surface area contributed by atoms with Crippen molar-refractivity contribution in [3.8, 4) is 0 Å². The lowest BCUT2D eigenvalue weighted by molar-refractivity contribution is -0.134. The smallest absolute Gasteiger partial charge is 0.245 e. The molecule has 5 nitrogen and oxygen atoms in total. The molecule has 2 aliphatic heterocycles. The van der Waals surface area contributed by atoms with Crippen LogP contribution in [0.5, 0.6) is 0 Å². The molecular formula is C20H25ClN4OS. The van der Waals surface area contributed by atoms with Gasteiger partial charge in [-0.3, -0.25) is 9.69 Å². The molecule has 2 atom stereocenters. The van der Waals surface area contributed by atoms with Gasteiger partial charge in [0.25, 0.3) is 0 Å². The van der Waals surface area contributed by atoms with Crippen LogP contribution < -0.4 is 4.90 Å². The molecule has 0 bridgehead atoms. The molecule has 0 radical (unpaired) electrons. The van der Waals surface area contributed by atoms with E-state index in [4.69, 9.17) is 11.6 Å². The highest BCUT2D eigenvalue weighted by Crippen LogP contribution is 2.30. The van der Waals surface area contributed by atoms with Gasteiger partial charge in [0.1, 0.15) is 6.04 Å². The maximum absolute atomic E-state index is 13.1. The first-order valence-corrected chi connectivity index (χ1v) is 10.8. The minimum absolute atomic E-state index is 0.0521. The fourth-order valence-corrected chi connectivity index (χ4v) is 5.17. The number of amides is 1. The standard InChI is InChI=1S/C20H25ClN4OS/c1-15(16-5-2-3-6-17(16)21)23-10-12-24(13-11-23)19(26)18-7-4-9-25(18)20-22-8-14-27-20/h2-3,5-6,8,14-15,18H,4,7,9-13H2,1H3. The maximum atomic E-state index is 13.1. The zero-order chi connectivity index (χ0) is 18.8. The van der Waals surface area contributed by atoms with Crippen molar-refractivity contribution in [3.05, 3.63) is 46.4 Å². The number of carbonyl (C=O) groups excluding carboxylic acids is 1. The number of nitrogens with zero attached hydrogens (tertiary/aromatic N) is 4. The fourth-order valence-electron chi connectivity index (χ4n) is 4.16. The van der Waals surface area contributed by atoms with Gasteiger partial charge in [-0.1, -0.05) is 29.8 Å². The molecule has 2 fully saturated rings. The summed E-state index contributed by atoms with van der Waals surface area (Å²) in [7, 11) is 0. The van der Waals surface area contributed by atoms with Crippen molar-refractivity contribution in [1.82, 2.24) is 14.8 Å². The molecule has 0 saturated carbocycles. The third kappa shape index (κ3) is 3.84. The van der Waals surface area contributed by atoms with Crippen molar-refractivity contribution in [3.63, 3.8) is 0 Å². The summed E-state index contributed by atoms with van der Waals surface area (Å²) in [6, 6.07) is 8.24. The summed E-state index contributed by atoms with van der Waals surface area (Å²) in [5, 5.41) is 3.76. The number of aromatic nitrogens is 1. The van der Waals surface area contributed by atoms with E-state index in [0.717, 1.165) is 61.3 Å². The lowest BCUT2D eigenvalue weighted by atomic mass is 10.1. The van der Waals surface area contributed by atoms with Crippen LogP contribution in [0.1, 0.15) is 31.4 Å². The lowest BCUT2D eigenvalue weighted by Gasteiger charge is -2.40. The summed E-state index contributed by atoms with van der Waals surface area (Å²) >= 11 is 7.98. The van der Waals surface area contributed by atoms with Crippen LogP contribution in [0.3, 0.4) is 0 Å². The molecule has 3 heterocycles. The SMILES string of the molecule is CC(c1ccccc1Cl)N1CCN(C(=O)C2CCCN2c2nccs2)CC1. The minimum atomic E-state index is -0.0521. The number of thiazole rings is 1. The van der Waals surface area contributed by atoms with Crippen LogP contribution in [-0.4, -0.2) is 59.5 Å². The van der Waals surface area contributed by atoms with E-state index in [1.165, 1.54) is 0 Å². The number of anilines is 1. The van der Waals surface area contributed by atoms with Crippen LogP contribution in [-0.2, 0) is 4.79 Å². The van der Waals surface area contributed by atoms with E-state index in [0.29, 0.717) is 0 Å². The predicted octanol–water partition coefficient (Wildman–Crippen LogP) is 3.67. The number of halogens is 1. The second kappa shape index (κ2) is 8.17. The molecule has 1 aromatic heterocycles. The van der Waals surface area contributed by atoms with Crippen LogP contribution in [0.4, 0.5) is 5.13 Å². The Kier molecular flexibility index (Phi) is 5.66. The molecule has 1 amide bonds. The lowest BCUT2D eigenvalue weighted by Crippen LogP contribution is -2.54. The Hall–Kier alpha value is -1.63. The third-order valence-corrected chi connectivity index (χ3v) is 6.88. The van der Waals surface area contributed by atoms with Gasteiger partial charge in [0.15, 0.2) is 5.13 Å². The first-order chi connectivity index (χ1) is 13.1. The number of hydrogen-bond donors (Lipinski definition) is 0. The van der Waals surface area contributed by atoms with Crippen molar-refractivity contribution < 1.29 is 4.79 Å². The van der Waals surface area contributed by atoms with Gasteiger partial charge in [-0.25, -0.2) is 4.98 Å². The molecule has 2 aromatic rings. The summed E-state index contributed by atoms with van der Waals surface area (Å²) in [5.74, 6) is 0.257. The van der Waals surface area contributed by atoms with Crippen molar-refractivity contribution in [2.75, 3.05) is 37.6 Å². The first kappa shape index (κ1) is 18.7. The Labute approximate surface area is 169 Å². The highest BCUT2D eigenvalue weighted by atomic mass is 35.5. The highest BCUT2D eigenvalue weighted by molar-refractivity contribution is 7.13. The van der Waals surface area contributed by atoms with E-state index in [1.807, 2.05) is 34.7 Å². The molecule has 7 heteroatoms. The molecule has 144 valence electrons. The number of piperazine rings is 1. The fraction of sp³-hybridized carbons (Fsp3) is 0.500. The molecule has 0 spiro atoms. The molecular weight excluding hydrogens is 380 g/mol. The normalized spacial score (nSPS) is 22.2. The van der Waals surface area contributed by atoms with Crippen LogP contribution in [0.15, 0.2) is 35.8 Å². The third-order valence-electron chi connectivity index (χ3n) is 5.73. The van der Waals surface area contributed by atoms with Crippen LogP contribution in [0.2, 0.25) is 5.02 Å². The molecule has 27 heavy (non-hydrogen) atoms. The summed E-state index contributed by atoms with van der Waals surface area (Å²) in [4.78, 5) is 24.2. The Morgan fingerprint density at radius 1 is 1.22 bits per heavy atom. The van der Waals surface area contributed by atoms with Gasteiger partial charge < -0.3 is 9.80 Å². The molecule has 0 aliphatic carbocycles.